The van der Waals surface area contributed by atoms with E-state index in [1.807, 2.05) is 24.3 Å². The molecule has 0 radical (unpaired) electrons. The molecule has 0 aliphatic carbocycles. The SMILES string of the molecule is COCc1cccc(CNCCCOCC(F)(F)F)c1. The van der Waals surface area contributed by atoms with E-state index in [1.165, 1.54) is 0 Å². The molecular formula is C14H20F3NO2. The van der Waals surface area contributed by atoms with Crippen molar-refractivity contribution < 1.29 is 22.6 Å². The first kappa shape index (κ1) is 16.9. The van der Waals surface area contributed by atoms with E-state index in [2.05, 4.69) is 10.1 Å². The van der Waals surface area contributed by atoms with Crippen molar-refractivity contribution in [3.8, 4) is 0 Å². The maximum atomic E-state index is 11.8. The highest BCUT2D eigenvalue weighted by Gasteiger charge is 2.27. The normalized spacial score (nSPS) is 11.8. The van der Waals surface area contributed by atoms with Crippen molar-refractivity contribution in [2.45, 2.75) is 25.7 Å². The smallest absolute Gasteiger partial charge is 0.380 e. The van der Waals surface area contributed by atoms with E-state index in [-0.39, 0.29) is 6.61 Å². The summed E-state index contributed by atoms with van der Waals surface area (Å²) < 4.78 is 45.0. The van der Waals surface area contributed by atoms with Crippen LogP contribution in [0.3, 0.4) is 0 Å². The number of rotatable bonds is 9. The Bertz CT molecular complexity index is 383. The van der Waals surface area contributed by atoms with Crippen molar-refractivity contribution >= 4 is 0 Å². The van der Waals surface area contributed by atoms with E-state index in [9.17, 15) is 13.2 Å². The van der Waals surface area contributed by atoms with Crippen LogP contribution < -0.4 is 5.32 Å². The van der Waals surface area contributed by atoms with Crippen molar-refractivity contribution in [3.05, 3.63) is 35.4 Å². The first-order valence-corrected chi connectivity index (χ1v) is 6.43. The van der Waals surface area contributed by atoms with E-state index in [4.69, 9.17) is 4.74 Å². The molecule has 3 nitrogen and oxygen atoms in total. The Balaban J connectivity index is 2.10. The summed E-state index contributed by atoms with van der Waals surface area (Å²) in [6, 6.07) is 7.97. The van der Waals surface area contributed by atoms with Crippen LogP contribution in [0.25, 0.3) is 0 Å². The quantitative estimate of drug-likeness (QED) is 0.710. The maximum absolute atomic E-state index is 11.8. The first-order chi connectivity index (χ1) is 9.51. The molecule has 1 aromatic carbocycles. The number of benzene rings is 1. The van der Waals surface area contributed by atoms with Gasteiger partial charge in [-0.15, -0.1) is 0 Å². The zero-order chi connectivity index (χ0) is 14.8. The Labute approximate surface area is 117 Å². The fraction of sp³-hybridized carbons (Fsp3) is 0.571. The number of hydrogen-bond donors (Lipinski definition) is 1. The highest BCUT2D eigenvalue weighted by Crippen LogP contribution is 2.14. The van der Waals surface area contributed by atoms with Crippen LogP contribution in [0.5, 0.6) is 0 Å². The minimum Gasteiger partial charge on any atom is -0.380 e. The summed E-state index contributed by atoms with van der Waals surface area (Å²) in [4.78, 5) is 0. The second-order valence-corrected chi connectivity index (χ2v) is 4.45. The fourth-order valence-electron chi connectivity index (χ4n) is 1.72. The second kappa shape index (κ2) is 8.94. The van der Waals surface area contributed by atoms with Gasteiger partial charge in [-0.25, -0.2) is 0 Å². The van der Waals surface area contributed by atoms with Crippen molar-refractivity contribution in [3.63, 3.8) is 0 Å². The van der Waals surface area contributed by atoms with Crippen molar-refractivity contribution in [1.29, 1.82) is 0 Å². The number of nitrogens with one attached hydrogen (secondary N) is 1. The maximum Gasteiger partial charge on any atom is 0.411 e. The molecule has 0 aromatic heterocycles. The van der Waals surface area contributed by atoms with E-state index < -0.39 is 12.8 Å². The molecule has 114 valence electrons. The van der Waals surface area contributed by atoms with Gasteiger partial charge in [-0.05, 0) is 24.1 Å². The van der Waals surface area contributed by atoms with Gasteiger partial charge < -0.3 is 14.8 Å². The number of ether oxygens (including phenoxy) is 2. The van der Waals surface area contributed by atoms with Crippen molar-refractivity contribution in [1.82, 2.24) is 5.32 Å². The van der Waals surface area contributed by atoms with Gasteiger partial charge in [0.05, 0.1) is 6.61 Å². The predicted molar refractivity (Wildman–Crippen MR) is 70.4 cm³/mol. The molecule has 0 unspecified atom stereocenters. The minimum absolute atomic E-state index is 0.107. The molecule has 0 aliphatic rings. The molecule has 0 saturated carbocycles. The molecule has 1 aromatic rings. The Morgan fingerprint density at radius 2 is 1.95 bits per heavy atom. The van der Waals surface area contributed by atoms with E-state index in [0.29, 0.717) is 26.1 Å². The Kier molecular flexibility index (Phi) is 7.58. The van der Waals surface area contributed by atoms with E-state index >= 15 is 0 Å². The largest absolute Gasteiger partial charge is 0.411 e. The van der Waals surface area contributed by atoms with Crippen LogP contribution in [-0.4, -0.2) is 33.0 Å². The molecule has 0 saturated heterocycles. The summed E-state index contributed by atoms with van der Waals surface area (Å²) in [5.41, 5.74) is 2.22. The Hall–Kier alpha value is -1.11. The van der Waals surface area contributed by atoms with Crippen LogP contribution in [-0.2, 0) is 22.6 Å². The molecule has 6 heteroatoms. The van der Waals surface area contributed by atoms with E-state index in [0.717, 1.165) is 11.1 Å². The summed E-state index contributed by atoms with van der Waals surface area (Å²) in [6.45, 7) is 0.796. The summed E-state index contributed by atoms with van der Waals surface area (Å²) in [6.07, 6.45) is -3.69. The fourth-order valence-corrected chi connectivity index (χ4v) is 1.72. The van der Waals surface area contributed by atoms with Crippen LogP contribution in [0.1, 0.15) is 17.5 Å². The Morgan fingerprint density at radius 3 is 2.65 bits per heavy atom. The van der Waals surface area contributed by atoms with Crippen LogP contribution in [0, 0.1) is 0 Å². The molecule has 1 N–H and O–H groups in total. The molecule has 20 heavy (non-hydrogen) atoms. The van der Waals surface area contributed by atoms with Crippen LogP contribution >= 0.6 is 0 Å². The molecular weight excluding hydrogens is 271 g/mol. The third kappa shape index (κ3) is 8.14. The summed E-state index contributed by atoms with van der Waals surface area (Å²) in [7, 11) is 1.64. The van der Waals surface area contributed by atoms with Gasteiger partial charge in [-0.1, -0.05) is 24.3 Å². The van der Waals surface area contributed by atoms with Crippen LogP contribution in [0.4, 0.5) is 13.2 Å². The van der Waals surface area contributed by atoms with Gasteiger partial charge in [-0.2, -0.15) is 13.2 Å². The molecule has 0 spiro atoms. The molecule has 0 atom stereocenters. The summed E-state index contributed by atoms with van der Waals surface area (Å²) in [5.74, 6) is 0. The lowest BCUT2D eigenvalue weighted by atomic mass is 10.1. The second-order valence-electron chi connectivity index (χ2n) is 4.45. The Morgan fingerprint density at radius 1 is 1.20 bits per heavy atom. The highest BCUT2D eigenvalue weighted by atomic mass is 19.4. The van der Waals surface area contributed by atoms with Gasteiger partial charge in [0.25, 0.3) is 0 Å². The average molecular weight is 291 g/mol. The van der Waals surface area contributed by atoms with Crippen LogP contribution in [0.15, 0.2) is 24.3 Å². The zero-order valence-electron chi connectivity index (χ0n) is 11.5. The molecule has 1 rings (SSSR count). The lowest BCUT2D eigenvalue weighted by Gasteiger charge is -2.09. The number of alkyl halides is 3. The van der Waals surface area contributed by atoms with Crippen molar-refractivity contribution in [2.24, 2.45) is 0 Å². The third-order valence-corrected chi connectivity index (χ3v) is 2.54. The third-order valence-electron chi connectivity index (χ3n) is 2.54. The molecule has 0 aliphatic heterocycles. The summed E-state index contributed by atoms with van der Waals surface area (Å²) >= 11 is 0. The monoisotopic (exact) mass is 291 g/mol. The number of halogens is 3. The number of methoxy groups -OCH3 is 1. The highest BCUT2D eigenvalue weighted by molar-refractivity contribution is 5.22. The lowest BCUT2D eigenvalue weighted by Crippen LogP contribution is -2.20. The van der Waals surface area contributed by atoms with Gasteiger partial charge in [0.15, 0.2) is 0 Å². The predicted octanol–water partition coefficient (Wildman–Crippen LogP) is 2.89. The lowest BCUT2D eigenvalue weighted by molar-refractivity contribution is -0.173. The van der Waals surface area contributed by atoms with Gasteiger partial charge in [0.1, 0.15) is 6.61 Å². The molecule has 0 heterocycles. The van der Waals surface area contributed by atoms with Crippen molar-refractivity contribution in [2.75, 3.05) is 26.9 Å². The van der Waals surface area contributed by atoms with Crippen LogP contribution in [0.2, 0.25) is 0 Å². The first-order valence-electron chi connectivity index (χ1n) is 6.43. The van der Waals surface area contributed by atoms with E-state index in [1.54, 1.807) is 7.11 Å². The molecule has 0 fully saturated rings. The summed E-state index contributed by atoms with van der Waals surface area (Å²) in [5, 5.41) is 3.17. The zero-order valence-corrected chi connectivity index (χ0v) is 11.5. The van der Waals surface area contributed by atoms with Gasteiger partial charge in [0, 0.05) is 20.3 Å². The molecule has 0 bridgehead atoms. The van der Waals surface area contributed by atoms with Gasteiger partial charge in [-0.3, -0.25) is 0 Å². The average Bonchev–Trinajstić information content (AvgIpc) is 2.37. The molecule has 0 amide bonds. The topological polar surface area (TPSA) is 30.5 Å². The van der Waals surface area contributed by atoms with Gasteiger partial charge in [0.2, 0.25) is 0 Å². The van der Waals surface area contributed by atoms with Gasteiger partial charge >= 0.3 is 6.18 Å². The number of hydrogen-bond acceptors (Lipinski definition) is 3. The standard InChI is InChI=1S/C14H20F3NO2/c1-19-10-13-5-2-4-12(8-13)9-18-6-3-7-20-11-14(15,16)17/h2,4-5,8,18H,3,6-7,9-11H2,1H3. The minimum atomic E-state index is -4.24.